The number of aliphatic hydroxyl groups excluding tert-OH is 1. The van der Waals surface area contributed by atoms with Gasteiger partial charge in [0.05, 0.1) is 6.61 Å². The van der Waals surface area contributed by atoms with Gasteiger partial charge in [-0.3, -0.25) is 14.5 Å². The SMILES string of the molecule is O=C(CCCN1C(=O)NC2(CCCC2)C1=O)Nc1cccc(CO)c1. The van der Waals surface area contributed by atoms with E-state index in [0.717, 1.165) is 18.4 Å². The number of aliphatic hydroxyl groups is 1. The molecule has 1 saturated carbocycles. The summed E-state index contributed by atoms with van der Waals surface area (Å²) in [4.78, 5) is 37.8. The van der Waals surface area contributed by atoms with E-state index in [4.69, 9.17) is 5.11 Å². The lowest BCUT2D eigenvalue weighted by molar-refractivity contribution is -0.131. The summed E-state index contributed by atoms with van der Waals surface area (Å²) in [6.07, 6.45) is 3.95. The van der Waals surface area contributed by atoms with Crippen LogP contribution < -0.4 is 10.6 Å². The van der Waals surface area contributed by atoms with E-state index in [1.54, 1.807) is 24.3 Å². The first-order valence-electron chi connectivity index (χ1n) is 8.68. The molecule has 0 atom stereocenters. The smallest absolute Gasteiger partial charge is 0.325 e. The lowest BCUT2D eigenvalue weighted by atomic mass is 9.98. The summed E-state index contributed by atoms with van der Waals surface area (Å²) in [6.45, 7) is 0.161. The van der Waals surface area contributed by atoms with Crippen molar-refractivity contribution in [1.82, 2.24) is 10.2 Å². The number of amides is 4. The summed E-state index contributed by atoms with van der Waals surface area (Å²) in [7, 11) is 0. The highest BCUT2D eigenvalue weighted by atomic mass is 16.3. The molecule has 4 amide bonds. The van der Waals surface area contributed by atoms with E-state index in [1.165, 1.54) is 4.90 Å². The summed E-state index contributed by atoms with van der Waals surface area (Å²) in [5.41, 5.74) is 0.653. The molecule has 7 heteroatoms. The molecule has 1 aliphatic carbocycles. The molecule has 1 spiro atoms. The third-order valence-corrected chi connectivity index (χ3v) is 4.88. The van der Waals surface area contributed by atoms with Crippen LogP contribution in [0.4, 0.5) is 10.5 Å². The third kappa shape index (κ3) is 3.66. The molecule has 1 heterocycles. The van der Waals surface area contributed by atoms with E-state index >= 15 is 0 Å². The van der Waals surface area contributed by atoms with E-state index < -0.39 is 5.54 Å². The van der Waals surface area contributed by atoms with Crippen molar-refractivity contribution in [2.24, 2.45) is 0 Å². The maximum Gasteiger partial charge on any atom is 0.325 e. The standard InChI is InChI=1S/C18H23N3O4/c22-12-13-5-3-6-14(11-13)19-15(23)7-4-10-21-16(24)18(20-17(21)25)8-1-2-9-18/h3,5-6,11,22H,1-2,4,7-10,12H2,(H,19,23)(H,20,25). The van der Waals surface area contributed by atoms with Crippen molar-refractivity contribution < 1.29 is 19.5 Å². The Morgan fingerprint density at radius 3 is 2.76 bits per heavy atom. The Morgan fingerprint density at radius 1 is 1.28 bits per heavy atom. The largest absolute Gasteiger partial charge is 0.392 e. The average molecular weight is 345 g/mol. The minimum atomic E-state index is -0.690. The van der Waals surface area contributed by atoms with E-state index in [1.807, 2.05) is 0 Å². The van der Waals surface area contributed by atoms with Gasteiger partial charge in [-0.2, -0.15) is 0 Å². The van der Waals surface area contributed by atoms with Gasteiger partial charge in [-0.25, -0.2) is 4.79 Å². The van der Waals surface area contributed by atoms with Gasteiger partial charge in [0.1, 0.15) is 5.54 Å². The van der Waals surface area contributed by atoms with E-state index in [2.05, 4.69) is 10.6 Å². The first-order valence-corrected chi connectivity index (χ1v) is 8.68. The molecule has 3 rings (SSSR count). The van der Waals surface area contributed by atoms with Gasteiger partial charge in [0.15, 0.2) is 0 Å². The van der Waals surface area contributed by atoms with Crippen LogP contribution in [-0.2, 0) is 16.2 Å². The Kier molecular flexibility index (Phi) is 5.03. The molecule has 1 aromatic carbocycles. The number of hydrogen-bond donors (Lipinski definition) is 3. The van der Waals surface area contributed by atoms with Crippen LogP contribution in [0.1, 0.15) is 44.1 Å². The lowest BCUT2D eigenvalue weighted by Gasteiger charge is -2.19. The number of carbonyl (C=O) groups is 3. The number of nitrogens with one attached hydrogen (secondary N) is 2. The molecule has 7 nitrogen and oxygen atoms in total. The topological polar surface area (TPSA) is 98.7 Å². The number of benzene rings is 1. The quantitative estimate of drug-likeness (QED) is 0.684. The van der Waals surface area contributed by atoms with Crippen LogP contribution in [0, 0.1) is 0 Å². The van der Waals surface area contributed by atoms with Crippen molar-refractivity contribution in [2.45, 2.75) is 50.7 Å². The highest BCUT2D eigenvalue weighted by molar-refractivity contribution is 6.07. The summed E-state index contributed by atoms with van der Waals surface area (Å²) in [6, 6.07) is 6.64. The van der Waals surface area contributed by atoms with E-state index in [9.17, 15) is 14.4 Å². The highest BCUT2D eigenvalue weighted by Gasteiger charge is 2.51. The molecule has 0 unspecified atom stereocenters. The van der Waals surface area contributed by atoms with Crippen LogP contribution >= 0.6 is 0 Å². The van der Waals surface area contributed by atoms with Crippen molar-refractivity contribution >= 4 is 23.5 Å². The van der Waals surface area contributed by atoms with Gasteiger partial charge in [0.2, 0.25) is 5.91 Å². The minimum Gasteiger partial charge on any atom is -0.392 e. The molecular weight excluding hydrogens is 322 g/mol. The fourth-order valence-electron chi connectivity index (χ4n) is 3.57. The van der Waals surface area contributed by atoms with Gasteiger partial charge in [0.25, 0.3) is 5.91 Å². The van der Waals surface area contributed by atoms with E-state index in [-0.39, 0.29) is 37.4 Å². The van der Waals surface area contributed by atoms with Crippen molar-refractivity contribution in [3.05, 3.63) is 29.8 Å². The first kappa shape index (κ1) is 17.4. The number of carbonyl (C=O) groups excluding carboxylic acids is 3. The normalized spacial score (nSPS) is 18.7. The molecule has 25 heavy (non-hydrogen) atoms. The molecule has 1 saturated heterocycles. The van der Waals surface area contributed by atoms with Crippen LogP contribution in [0.15, 0.2) is 24.3 Å². The maximum atomic E-state index is 12.5. The number of anilines is 1. The van der Waals surface area contributed by atoms with Crippen molar-refractivity contribution in [3.63, 3.8) is 0 Å². The van der Waals surface area contributed by atoms with Gasteiger partial charge in [-0.05, 0) is 37.0 Å². The third-order valence-electron chi connectivity index (χ3n) is 4.88. The van der Waals surface area contributed by atoms with Crippen molar-refractivity contribution in [1.29, 1.82) is 0 Å². The zero-order valence-electron chi connectivity index (χ0n) is 14.1. The molecule has 0 radical (unpaired) electrons. The zero-order chi connectivity index (χ0) is 17.9. The monoisotopic (exact) mass is 345 g/mol. The number of nitrogens with zero attached hydrogens (tertiary/aromatic N) is 1. The molecule has 3 N–H and O–H groups in total. The molecule has 2 fully saturated rings. The van der Waals surface area contributed by atoms with Gasteiger partial charge in [0, 0.05) is 18.7 Å². The molecule has 2 aliphatic rings. The lowest BCUT2D eigenvalue weighted by Crippen LogP contribution is -2.44. The van der Waals surface area contributed by atoms with Gasteiger partial charge >= 0.3 is 6.03 Å². The van der Waals surface area contributed by atoms with Gasteiger partial charge in [-0.15, -0.1) is 0 Å². The Bertz CT molecular complexity index is 683. The summed E-state index contributed by atoms with van der Waals surface area (Å²) < 4.78 is 0. The molecular formula is C18H23N3O4. The summed E-state index contributed by atoms with van der Waals surface area (Å²) in [5, 5.41) is 14.7. The highest BCUT2D eigenvalue weighted by Crippen LogP contribution is 2.35. The second-order valence-corrected chi connectivity index (χ2v) is 6.69. The van der Waals surface area contributed by atoms with Crippen LogP contribution in [-0.4, -0.2) is 39.9 Å². The van der Waals surface area contributed by atoms with Crippen LogP contribution in [0.25, 0.3) is 0 Å². The van der Waals surface area contributed by atoms with Crippen LogP contribution in [0.2, 0.25) is 0 Å². The molecule has 0 aromatic heterocycles. The summed E-state index contributed by atoms with van der Waals surface area (Å²) >= 11 is 0. The second-order valence-electron chi connectivity index (χ2n) is 6.69. The molecule has 134 valence electrons. The molecule has 1 aliphatic heterocycles. The number of imide groups is 1. The number of hydrogen-bond acceptors (Lipinski definition) is 4. The van der Waals surface area contributed by atoms with Crippen molar-refractivity contribution in [2.75, 3.05) is 11.9 Å². The fraction of sp³-hybridized carbons (Fsp3) is 0.500. The minimum absolute atomic E-state index is 0.0857. The van der Waals surface area contributed by atoms with Gasteiger partial charge < -0.3 is 15.7 Å². The van der Waals surface area contributed by atoms with Crippen molar-refractivity contribution in [3.8, 4) is 0 Å². The molecule has 0 bridgehead atoms. The maximum absolute atomic E-state index is 12.5. The Labute approximate surface area is 146 Å². The second kappa shape index (κ2) is 7.23. The first-order chi connectivity index (χ1) is 12.0. The Hall–Kier alpha value is -2.41. The Morgan fingerprint density at radius 2 is 2.04 bits per heavy atom. The summed E-state index contributed by atoms with van der Waals surface area (Å²) in [5.74, 6) is -0.330. The fourth-order valence-corrected chi connectivity index (χ4v) is 3.57. The Balaban J connectivity index is 1.48. The zero-order valence-corrected chi connectivity index (χ0v) is 14.1. The van der Waals surface area contributed by atoms with Crippen LogP contribution in [0.3, 0.4) is 0 Å². The molecule has 1 aromatic rings. The van der Waals surface area contributed by atoms with Gasteiger partial charge in [-0.1, -0.05) is 25.0 Å². The average Bonchev–Trinajstić information content (AvgIpc) is 3.15. The predicted octanol–water partition coefficient (Wildman–Crippen LogP) is 1.76. The number of urea groups is 1. The van der Waals surface area contributed by atoms with Crippen LogP contribution in [0.5, 0.6) is 0 Å². The number of rotatable bonds is 6. The van der Waals surface area contributed by atoms with E-state index in [0.29, 0.717) is 24.9 Å². The predicted molar refractivity (Wildman–Crippen MR) is 91.7 cm³/mol.